The molecule has 3 aromatic rings. The maximum Gasteiger partial charge on any atom is 0.416 e. The van der Waals surface area contributed by atoms with Gasteiger partial charge in [-0.15, -0.1) is 23.1 Å². The highest BCUT2D eigenvalue weighted by atomic mass is 32.2. The molecular formula is C17H15F3N2OS2. The number of halogens is 3. The lowest BCUT2D eigenvalue weighted by Crippen LogP contribution is -2.11. The fourth-order valence-electron chi connectivity index (χ4n) is 2.55. The Bertz CT molecular complexity index is 976. The van der Waals surface area contributed by atoms with Gasteiger partial charge in [0.1, 0.15) is 10.7 Å². The molecule has 1 N–H and O–H groups in total. The average Bonchev–Trinajstić information content (AvgIpc) is 2.82. The quantitative estimate of drug-likeness (QED) is 0.684. The van der Waals surface area contributed by atoms with Crippen molar-refractivity contribution in [2.75, 3.05) is 0 Å². The van der Waals surface area contributed by atoms with E-state index in [9.17, 15) is 18.0 Å². The minimum atomic E-state index is -4.37. The van der Waals surface area contributed by atoms with E-state index in [0.717, 1.165) is 16.5 Å². The molecule has 0 unspecified atom stereocenters. The lowest BCUT2D eigenvalue weighted by molar-refractivity contribution is -0.138. The lowest BCUT2D eigenvalue weighted by atomic mass is 10.1. The molecule has 0 aliphatic heterocycles. The van der Waals surface area contributed by atoms with Crippen LogP contribution in [0, 0.1) is 13.8 Å². The van der Waals surface area contributed by atoms with Crippen molar-refractivity contribution < 1.29 is 13.2 Å². The van der Waals surface area contributed by atoms with E-state index in [1.807, 2.05) is 13.8 Å². The number of aromatic nitrogens is 2. The van der Waals surface area contributed by atoms with Crippen molar-refractivity contribution in [1.29, 1.82) is 0 Å². The largest absolute Gasteiger partial charge is 0.416 e. The number of thioether (sulfide) groups is 1. The molecule has 0 amide bonds. The highest BCUT2D eigenvalue weighted by Gasteiger charge is 2.32. The topological polar surface area (TPSA) is 45.8 Å². The van der Waals surface area contributed by atoms with Crippen LogP contribution in [0.25, 0.3) is 10.2 Å². The third-order valence-corrected chi connectivity index (χ3v) is 6.00. The molecular weight excluding hydrogens is 369 g/mol. The van der Waals surface area contributed by atoms with Crippen LogP contribution in [0.1, 0.15) is 27.4 Å². The Morgan fingerprint density at radius 3 is 2.64 bits per heavy atom. The summed E-state index contributed by atoms with van der Waals surface area (Å²) in [4.78, 5) is 21.1. The number of hydrogen-bond donors (Lipinski definition) is 1. The molecule has 25 heavy (non-hydrogen) atoms. The van der Waals surface area contributed by atoms with Crippen molar-refractivity contribution in [2.24, 2.45) is 0 Å². The van der Waals surface area contributed by atoms with Crippen LogP contribution in [-0.2, 0) is 17.7 Å². The molecule has 3 rings (SSSR count). The first-order chi connectivity index (χ1) is 11.8. The number of aromatic amines is 1. The molecule has 0 spiro atoms. The van der Waals surface area contributed by atoms with Crippen LogP contribution in [0.5, 0.6) is 0 Å². The fraction of sp³-hybridized carbons (Fsp3) is 0.294. The Balaban J connectivity index is 1.77. The molecule has 2 heterocycles. The van der Waals surface area contributed by atoms with Crippen molar-refractivity contribution in [3.05, 3.63) is 62.0 Å². The van der Waals surface area contributed by atoms with Crippen LogP contribution in [0.3, 0.4) is 0 Å². The number of nitrogens with zero attached hydrogens (tertiary/aromatic N) is 1. The second-order valence-corrected chi connectivity index (χ2v) is 7.81. The van der Waals surface area contributed by atoms with E-state index in [2.05, 4.69) is 9.97 Å². The molecule has 1 aromatic carbocycles. The summed E-state index contributed by atoms with van der Waals surface area (Å²) in [7, 11) is 0. The number of aryl methyl sites for hydroxylation is 2. The predicted octanol–water partition coefficient (Wildman–Crippen LogP) is 5.05. The van der Waals surface area contributed by atoms with Gasteiger partial charge in [0.05, 0.1) is 16.7 Å². The van der Waals surface area contributed by atoms with E-state index in [-0.39, 0.29) is 16.9 Å². The fourth-order valence-corrected chi connectivity index (χ4v) is 4.50. The number of thiophene rings is 1. The monoisotopic (exact) mass is 384 g/mol. The molecule has 2 aromatic heterocycles. The first kappa shape index (κ1) is 18.0. The van der Waals surface area contributed by atoms with Gasteiger partial charge < -0.3 is 4.98 Å². The highest BCUT2D eigenvalue weighted by Crippen LogP contribution is 2.34. The molecule has 132 valence electrons. The van der Waals surface area contributed by atoms with Crippen molar-refractivity contribution in [3.8, 4) is 0 Å². The number of H-pyrrole nitrogens is 1. The minimum Gasteiger partial charge on any atom is -0.309 e. The van der Waals surface area contributed by atoms with E-state index in [4.69, 9.17) is 0 Å². The molecule has 0 saturated heterocycles. The van der Waals surface area contributed by atoms with Gasteiger partial charge in [0.2, 0.25) is 0 Å². The Morgan fingerprint density at radius 2 is 1.92 bits per heavy atom. The normalized spacial score (nSPS) is 12.0. The molecule has 3 nitrogen and oxygen atoms in total. The van der Waals surface area contributed by atoms with Crippen molar-refractivity contribution in [1.82, 2.24) is 9.97 Å². The number of benzene rings is 1. The van der Waals surface area contributed by atoms with E-state index >= 15 is 0 Å². The Labute approximate surface area is 150 Å². The van der Waals surface area contributed by atoms with Crippen molar-refractivity contribution in [3.63, 3.8) is 0 Å². The number of nitrogens with one attached hydrogen (secondary N) is 1. The van der Waals surface area contributed by atoms with Crippen molar-refractivity contribution in [2.45, 2.75) is 31.5 Å². The standard InChI is InChI=1S/C17H15F3N2OS2/c1-9-10(2)25-16-14(9)15(23)21-13(22-16)8-24-7-11-5-3-4-6-12(11)17(18,19)20/h3-6H,7-8H2,1-2H3,(H,21,22,23). The van der Waals surface area contributed by atoms with Crippen LogP contribution in [-0.4, -0.2) is 9.97 Å². The summed E-state index contributed by atoms with van der Waals surface area (Å²) in [5.41, 5.74) is 0.334. The van der Waals surface area contributed by atoms with E-state index < -0.39 is 11.7 Å². The molecule has 0 aliphatic rings. The van der Waals surface area contributed by atoms with E-state index in [0.29, 0.717) is 21.8 Å². The SMILES string of the molecule is Cc1sc2nc(CSCc3ccccc3C(F)(F)F)[nH]c(=O)c2c1C. The minimum absolute atomic E-state index is 0.194. The molecule has 0 saturated carbocycles. The van der Waals surface area contributed by atoms with Crippen LogP contribution in [0.4, 0.5) is 13.2 Å². The Morgan fingerprint density at radius 1 is 1.20 bits per heavy atom. The number of fused-ring (bicyclic) bond motifs is 1. The van der Waals surface area contributed by atoms with Crippen molar-refractivity contribution >= 4 is 33.3 Å². The second-order valence-electron chi connectivity index (χ2n) is 5.62. The highest BCUT2D eigenvalue weighted by molar-refractivity contribution is 7.97. The van der Waals surface area contributed by atoms with Gasteiger partial charge in [-0.05, 0) is 31.0 Å². The van der Waals surface area contributed by atoms with Crippen LogP contribution >= 0.6 is 23.1 Å². The summed E-state index contributed by atoms with van der Waals surface area (Å²) in [5.74, 6) is 1.01. The van der Waals surface area contributed by atoms with Gasteiger partial charge in [0, 0.05) is 10.6 Å². The lowest BCUT2D eigenvalue weighted by Gasteiger charge is -2.12. The molecule has 0 fully saturated rings. The molecule has 0 atom stereocenters. The molecule has 0 radical (unpaired) electrons. The van der Waals surface area contributed by atoms with Gasteiger partial charge >= 0.3 is 6.18 Å². The van der Waals surface area contributed by atoms with Gasteiger partial charge in [-0.1, -0.05) is 18.2 Å². The zero-order valence-electron chi connectivity index (χ0n) is 13.5. The van der Waals surface area contributed by atoms with E-state index in [1.165, 1.54) is 35.2 Å². The summed E-state index contributed by atoms with van der Waals surface area (Å²) in [6, 6.07) is 5.53. The van der Waals surface area contributed by atoms with Gasteiger partial charge in [0.25, 0.3) is 5.56 Å². The summed E-state index contributed by atoms with van der Waals surface area (Å²) >= 11 is 2.74. The zero-order valence-corrected chi connectivity index (χ0v) is 15.2. The predicted molar refractivity (Wildman–Crippen MR) is 96.2 cm³/mol. The maximum absolute atomic E-state index is 13.0. The molecule has 0 aliphatic carbocycles. The summed E-state index contributed by atoms with van der Waals surface area (Å²) in [6.07, 6.45) is -4.37. The molecule has 8 heteroatoms. The third kappa shape index (κ3) is 3.74. The Kier molecular flexibility index (Phi) is 4.92. The second kappa shape index (κ2) is 6.84. The molecule has 0 bridgehead atoms. The maximum atomic E-state index is 13.0. The van der Waals surface area contributed by atoms with E-state index in [1.54, 1.807) is 6.07 Å². The summed E-state index contributed by atoms with van der Waals surface area (Å²) < 4.78 is 39.0. The number of alkyl halides is 3. The summed E-state index contributed by atoms with van der Waals surface area (Å²) in [6.45, 7) is 3.82. The zero-order chi connectivity index (χ0) is 18.2. The summed E-state index contributed by atoms with van der Waals surface area (Å²) in [5, 5.41) is 0.596. The van der Waals surface area contributed by atoms with Crippen LogP contribution in [0.2, 0.25) is 0 Å². The number of rotatable bonds is 4. The smallest absolute Gasteiger partial charge is 0.309 e. The van der Waals surface area contributed by atoms with Crippen LogP contribution < -0.4 is 5.56 Å². The first-order valence-electron chi connectivity index (χ1n) is 7.49. The van der Waals surface area contributed by atoms with Gasteiger partial charge in [-0.25, -0.2) is 4.98 Å². The van der Waals surface area contributed by atoms with Gasteiger partial charge in [-0.2, -0.15) is 13.2 Å². The number of hydrogen-bond acceptors (Lipinski definition) is 4. The third-order valence-electron chi connectivity index (χ3n) is 3.91. The first-order valence-corrected chi connectivity index (χ1v) is 9.46. The van der Waals surface area contributed by atoms with Crippen LogP contribution in [0.15, 0.2) is 29.1 Å². The average molecular weight is 384 g/mol. The van der Waals surface area contributed by atoms with Gasteiger partial charge in [-0.3, -0.25) is 4.79 Å². The van der Waals surface area contributed by atoms with Gasteiger partial charge in [0.15, 0.2) is 0 Å². The Hall–Kier alpha value is -1.80.